The normalized spacial score (nSPS) is 34.0. The fourth-order valence-electron chi connectivity index (χ4n) is 3.41. The summed E-state index contributed by atoms with van der Waals surface area (Å²) in [5.41, 5.74) is 0. The molecule has 0 amide bonds. The van der Waals surface area contributed by atoms with Gasteiger partial charge in [-0.2, -0.15) is 0 Å². The van der Waals surface area contributed by atoms with Crippen molar-refractivity contribution in [2.75, 3.05) is 0 Å². The number of hydrogen-bond donors (Lipinski definition) is 2. The summed E-state index contributed by atoms with van der Waals surface area (Å²) in [6, 6.07) is 1.24. The first-order valence-electron chi connectivity index (χ1n) is 7.37. The molecule has 3 rings (SSSR count). The minimum Gasteiger partial charge on any atom is -0.393 e. The Bertz CT molecular complexity index is 315. The average Bonchev–Trinajstić information content (AvgIpc) is 2.67. The molecule has 0 aromatic carbocycles. The molecule has 3 fully saturated rings. The fourth-order valence-corrected chi connectivity index (χ4v) is 3.41. The van der Waals surface area contributed by atoms with E-state index in [0.717, 1.165) is 19.3 Å². The van der Waals surface area contributed by atoms with Crippen LogP contribution in [0.5, 0.6) is 0 Å². The van der Waals surface area contributed by atoms with Crippen LogP contribution in [0.15, 0.2) is 12.7 Å². The van der Waals surface area contributed by atoms with Crippen LogP contribution in [0.2, 0.25) is 0 Å². The van der Waals surface area contributed by atoms with E-state index in [1.807, 2.05) is 6.92 Å². The first-order chi connectivity index (χ1) is 8.91. The van der Waals surface area contributed by atoms with Gasteiger partial charge in [0, 0.05) is 18.5 Å². The molecule has 2 aliphatic heterocycles. The summed E-state index contributed by atoms with van der Waals surface area (Å²) < 4.78 is 26.2. The highest BCUT2D eigenvalue weighted by atomic mass is 19.3. The fraction of sp³-hybridized carbons (Fsp3) is 0.867. The molecule has 0 aromatic rings. The molecule has 5 atom stereocenters. The number of halogens is 2. The molecule has 2 saturated heterocycles. The number of allylic oxidation sites excluding steroid dienone is 1. The van der Waals surface area contributed by atoms with Gasteiger partial charge in [0.15, 0.2) is 0 Å². The molecule has 2 bridgehead atoms. The lowest BCUT2D eigenvalue weighted by Crippen LogP contribution is -2.50. The van der Waals surface area contributed by atoms with Crippen molar-refractivity contribution in [3.63, 3.8) is 0 Å². The van der Waals surface area contributed by atoms with Crippen LogP contribution in [0.25, 0.3) is 0 Å². The van der Waals surface area contributed by atoms with E-state index in [2.05, 4.69) is 11.9 Å². The lowest BCUT2D eigenvalue weighted by atomic mass is 9.81. The van der Waals surface area contributed by atoms with E-state index in [1.54, 1.807) is 0 Å². The minimum absolute atomic E-state index is 0.0989. The predicted molar refractivity (Wildman–Crippen MR) is 72.2 cm³/mol. The van der Waals surface area contributed by atoms with E-state index >= 15 is 0 Å². The standard InChI is InChI=1S/C15H25F2NO/c1-3-15(16,17)7-6-14(19)10(2)11-4-5-12-9-13(8-11)18-12/h3,10-14,18-19H,1,4-9H2,2H3. The van der Waals surface area contributed by atoms with Crippen molar-refractivity contribution < 1.29 is 13.9 Å². The van der Waals surface area contributed by atoms with Crippen LogP contribution in [-0.4, -0.2) is 29.2 Å². The van der Waals surface area contributed by atoms with E-state index < -0.39 is 12.0 Å². The zero-order chi connectivity index (χ0) is 14.0. The van der Waals surface area contributed by atoms with E-state index in [1.165, 1.54) is 6.42 Å². The van der Waals surface area contributed by atoms with Gasteiger partial charge in [0.1, 0.15) is 0 Å². The second-order valence-corrected chi connectivity index (χ2v) is 6.30. The summed E-state index contributed by atoms with van der Waals surface area (Å²) >= 11 is 0. The molecule has 1 aliphatic carbocycles. The number of nitrogens with one attached hydrogen (secondary N) is 1. The van der Waals surface area contributed by atoms with Gasteiger partial charge in [-0.3, -0.25) is 0 Å². The predicted octanol–water partition coefficient (Wildman–Crippen LogP) is 3.12. The number of hydrogen-bond acceptors (Lipinski definition) is 2. The van der Waals surface area contributed by atoms with Crippen LogP contribution in [0, 0.1) is 11.8 Å². The Kier molecular flexibility index (Phi) is 4.62. The molecule has 5 unspecified atom stereocenters. The second kappa shape index (κ2) is 5.88. The van der Waals surface area contributed by atoms with Crippen molar-refractivity contribution in [2.24, 2.45) is 11.8 Å². The van der Waals surface area contributed by atoms with Gasteiger partial charge >= 0.3 is 0 Å². The van der Waals surface area contributed by atoms with Crippen molar-refractivity contribution in [3.05, 3.63) is 12.7 Å². The molecule has 1 saturated carbocycles. The van der Waals surface area contributed by atoms with Crippen LogP contribution in [0.4, 0.5) is 8.78 Å². The highest BCUT2D eigenvalue weighted by Crippen LogP contribution is 2.37. The third-order valence-electron chi connectivity index (χ3n) is 4.94. The summed E-state index contributed by atoms with van der Waals surface area (Å²) in [7, 11) is 0. The Labute approximate surface area is 114 Å². The average molecular weight is 273 g/mol. The minimum atomic E-state index is -2.85. The molecule has 4 heteroatoms. The quantitative estimate of drug-likeness (QED) is 0.729. The van der Waals surface area contributed by atoms with Crippen LogP contribution in [0.3, 0.4) is 0 Å². The number of alkyl halides is 2. The monoisotopic (exact) mass is 273 g/mol. The Morgan fingerprint density at radius 2 is 2.05 bits per heavy atom. The molecule has 2 N–H and O–H groups in total. The van der Waals surface area contributed by atoms with Gasteiger partial charge in [-0.05, 0) is 50.0 Å². The van der Waals surface area contributed by atoms with Gasteiger partial charge in [-0.15, -0.1) is 0 Å². The Balaban J connectivity index is 1.81. The topological polar surface area (TPSA) is 32.3 Å². The van der Waals surface area contributed by atoms with Gasteiger partial charge in [-0.25, -0.2) is 8.78 Å². The second-order valence-electron chi connectivity index (χ2n) is 6.30. The summed E-state index contributed by atoms with van der Waals surface area (Å²) in [6.45, 7) is 5.14. The number of rotatable bonds is 6. The maximum atomic E-state index is 13.1. The first-order valence-corrected chi connectivity index (χ1v) is 7.37. The van der Waals surface area contributed by atoms with Crippen LogP contribution in [0.1, 0.15) is 45.4 Å². The summed E-state index contributed by atoms with van der Waals surface area (Å²) in [4.78, 5) is 0. The van der Waals surface area contributed by atoms with Crippen LogP contribution in [-0.2, 0) is 0 Å². The van der Waals surface area contributed by atoms with Crippen LogP contribution >= 0.6 is 0 Å². The zero-order valence-corrected chi connectivity index (χ0v) is 11.6. The third kappa shape index (κ3) is 3.76. The first kappa shape index (κ1) is 14.9. The largest absolute Gasteiger partial charge is 0.393 e. The van der Waals surface area contributed by atoms with Crippen molar-refractivity contribution in [1.29, 1.82) is 0 Å². The number of aliphatic hydroxyl groups excluding tert-OH is 1. The molecular formula is C15H25F2NO. The van der Waals surface area contributed by atoms with Gasteiger partial charge in [0.25, 0.3) is 5.92 Å². The Hall–Kier alpha value is -0.480. The van der Waals surface area contributed by atoms with Crippen LogP contribution < -0.4 is 5.32 Å². The summed E-state index contributed by atoms with van der Waals surface area (Å²) in [5.74, 6) is -2.30. The molecule has 2 heterocycles. The molecule has 2 nitrogen and oxygen atoms in total. The molecule has 0 spiro atoms. The lowest BCUT2D eigenvalue weighted by Gasteiger charge is -2.35. The number of aliphatic hydroxyl groups is 1. The van der Waals surface area contributed by atoms with Crippen molar-refractivity contribution in [1.82, 2.24) is 5.32 Å². The smallest absolute Gasteiger partial charge is 0.266 e. The van der Waals surface area contributed by atoms with E-state index in [0.29, 0.717) is 24.1 Å². The molecule has 3 aliphatic rings. The van der Waals surface area contributed by atoms with Crippen molar-refractivity contribution >= 4 is 0 Å². The maximum absolute atomic E-state index is 13.1. The van der Waals surface area contributed by atoms with Gasteiger partial charge in [0.2, 0.25) is 0 Å². The summed E-state index contributed by atoms with van der Waals surface area (Å²) in [5, 5.41) is 13.6. The Morgan fingerprint density at radius 3 is 2.68 bits per heavy atom. The highest BCUT2D eigenvalue weighted by molar-refractivity contribution is 4.95. The lowest BCUT2D eigenvalue weighted by molar-refractivity contribution is 0.00752. The molecule has 0 aromatic heterocycles. The van der Waals surface area contributed by atoms with Gasteiger partial charge in [-0.1, -0.05) is 13.5 Å². The zero-order valence-electron chi connectivity index (χ0n) is 11.6. The summed E-state index contributed by atoms with van der Waals surface area (Å²) in [6.07, 6.45) is 4.46. The molecule has 0 radical (unpaired) electrons. The number of fused-ring (bicyclic) bond motifs is 3. The third-order valence-corrected chi connectivity index (χ3v) is 4.94. The molecule has 19 heavy (non-hydrogen) atoms. The maximum Gasteiger partial charge on any atom is 0.266 e. The molecule has 110 valence electrons. The SMILES string of the molecule is C=CC(F)(F)CCC(O)C(C)C1CCC2CC(C1)N2. The highest BCUT2D eigenvalue weighted by Gasteiger charge is 2.37. The van der Waals surface area contributed by atoms with Crippen molar-refractivity contribution in [2.45, 2.75) is 69.6 Å². The van der Waals surface area contributed by atoms with Gasteiger partial charge < -0.3 is 10.4 Å². The van der Waals surface area contributed by atoms with E-state index in [9.17, 15) is 13.9 Å². The van der Waals surface area contributed by atoms with E-state index in [4.69, 9.17) is 0 Å². The van der Waals surface area contributed by atoms with E-state index in [-0.39, 0.29) is 18.8 Å². The Morgan fingerprint density at radius 1 is 1.37 bits per heavy atom. The van der Waals surface area contributed by atoms with Gasteiger partial charge in [0.05, 0.1) is 6.10 Å². The molecular weight excluding hydrogens is 248 g/mol. The van der Waals surface area contributed by atoms with Crippen molar-refractivity contribution in [3.8, 4) is 0 Å².